The number of benzene rings is 3. The van der Waals surface area contributed by atoms with Crippen LogP contribution in [0.4, 0.5) is 24.5 Å². The molecule has 2 aliphatic rings. The summed E-state index contributed by atoms with van der Waals surface area (Å²) < 4.78 is 47.1. The first-order chi connectivity index (χ1) is 17.7. The minimum Gasteiger partial charge on any atom is -0.497 e. The van der Waals surface area contributed by atoms with Crippen LogP contribution in [0, 0.1) is 0 Å². The van der Waals surface area contributed by atoms with Gasteiger partial charge in [0.1, 0.15) is 5.75 Å². The zero-order chi connectivity index (χ0) is 26.3. The van der Waals surface area contributed by atoms with E-state index in [0.717, 1.165) is 5.56 Å². The summed E-state index contributed by atoms with van der Waals surface area (Å²) in [5.74, 6) is -1.97. The lowest BCUT2D eigenvalue weighted by Crippen LogP contribution is -2.45. The number of anilines is 2. The molecule has 1 heterocycles. The molecule has 3 aromatic rings. The average molecular weight is 527 g/mol. The van der Waals surface area contributed by atoms with Gasteiger partial charge in [-0.3, -0.25) is 14.5 Å². The summed E-state index contributed by atoms with van der Waals surface area (Å²) in [5, 5.41) is 3.36. The quantitative estimate of drug-likeness (QED) is 0.407. The standard InChI is InChI=1S/C28H22ClF3N2O3/c1-37-18-12-10-16(11-13-18)17-14-22-25(24(35)15-17)26(19-6-2-3-7-20(19)29)34(27(36)28(30,31)32)23-9-5-4-8-21(23)33-22/h2-13,17,26,33H,14-15H2,1H3. The summed E-state index contributed by atoms with van der Waals surface area (Å²) in [6.07, 6.45) is -4.75. The molecule has 3 aromatic carbocycles. The molecule has 0 saturated carbocycles. The van der Waals surface area contributed by atoms with Crippen molar-refractivity contribution in [3.05, 3.63) is 100 Å². The lowest BCUT2D eigenvalue weighted by Gasteiger charge is -2.35. The maximum absolute atomic E-state index is 14.0. The number of hydrogen-bond donors (Lipinski definition) is 1. The van der Waals surface area contributed by atoms with E-state index in [1.165, 1.54) is 12.1 Å². The molecule has 0 spiro atoms. The maximum atomic E-state index is 14.0. The second-order valence-corrected chi connectivity index (χ2v) is 9.34. The first-order valence-electron chi connectivity index (χ1n) is 11.6. The van der Waals surface area contributed by atoms with Gasteiger partial charge >= 0.3 is 12.1 Å². The third-order valence-electron chi connectivity index (χ3n) is 6.74. The molecule has 2 unspecified atom stereocenters. The third-order valence-corrected chi connectivity index (χ3v) is 7.08. The van der Waals surface area contributed by atoms with E-state index >= 15 is 0 Å². The van der Waals surface area contributed by atoms with Crippen LogP contribution in [-0.4, -0.2) is 25.0 Å². The minimum absolute atomic E-state index is 0.0120. The maximum Gasteiger partial charge on any atom is 0.471 e. The summed E-state index contributed by atoms with van der Waals surface area (Å²) >= 11 is 6.47. The summed E-state index contributed by atoms with van der Waals surface area (Å²) in [6, 6.07) is 18.6. The van der Waals surface area contributed by atoms with Gasteiger partial charge in [0.2, 0.25) is 0 Å². The molecule has 1 aliphatic carbocycles. The van der Waals surface area contributed by atoms with Crippen LogP contribution in [0.1, 0.15) is 35.9 Å². The molecular weight excluding hydrogens is 505 g/mol. The van der Waals surface area contributed by atoms with Gasteiger partial charge in [-0.1, -0.05) is 54.1 Å². The van der Waals surface area contributed by atoms with Gasteiger partial charge in [-0.15, -0.1) is 0 Å². The Hall–Kier alpha value is -3.78. The van der Waals surface area contributed by atoms with E-state index in [-0.39, 0.29) is 40.0 Å². The van der Waals surface area contributed by atoms with Gasteiger partial charge in [-0.2, -0.15) is 13.2 Å². The van der Waals surface area contributed by atoms with E-state index in [9.17, 15) is 22.8 Å². The van der Waals surface area contributed by atoms with Crippen LogP contribution < -0.4 is 15.0 Å². The molecule has 9 heteroatoms. The number of alkyl halides is 3. The molecular formula is C28H22ClF3N2O3. The predicted molar refractivity (Wildman–Crippen MR) is 135 cm³/mol. The smallest absolute Gasteiger partial charge is 0.471 e. The SMILES string of the molecule is COc1ccc(C2CC(=O)C3=C(C2)Nc2ccccc2N(C(=O)C(F)(F)F)C3c2ccccc2Cl)cc1. The largest absolute Gasteiger partial charge is 0.497 e. The van der Waals surface area contributed by atoms with Crippen molar-refractivity contribution < 1.29 is 27.5 Å². The lowest BCUT2D eigenvalue weighted by molar-refractivity contribution is -0.170. The second kappa shape index (κ2) is 9.59. The van der Waals surface area contributed by atoms with Crippen LogP contribution in [-0.2, 0) is 9.59 Å². The molecule has 0 bridgehead atoms. The Bertz CT molecular complexity index is 1400. The molecule has 0 aromatic heterocycles. The molecule has 5 rings (SSSR count). The topological polar surface area (TPSA) is 58.6 Å². The number of nitrogens with one attached hydrogen (secondary N) is 1. The zero-order valence-corrected chi connectivity index (χ0v) is 20.4. The second-order valence-electron chi connectivity index (χ2n) is 8.93. The molecule has 2 atom stereocenters. The summed E-state index contributed by atoms with van der Waals surface area (Å²) in [7, 11) is 1.56. The number of ketones is 1. The van der Waals surface area contributed by atoms with Crippen molar-refractivity contribution in [2.45, 2.75) is 31.0 Å². The average Bonchev–Trinajstić information content (AvgIpc) is 3.02. The first kappa shape index (κ1) is 24.9. The van der Waals surface area contributed by atoms with Crippen molar-refractivity contribution in [1.29, 1.82) is 0 Å². The number of para-hydroxylation sites is 2. The van der Waals surface area contributed by atoms with Gasteiger partial charge in [0.15, 0.2) is 5.78 Å². The van der Waals surface area contributed by atoms with E-state index in [1.54, 1.807) is 55.6 Å². The number of carbonyl (C=O) groups is 2. The zero-order valence-electron chi connectivity index (χ0n) is 19.7. The Morgan fingerprint density at radius 1 is 1.00 bits per heavy atom. The number of Topliss-reactive ketones (excluding diaryl/α,β-unsaturated/α-hetero) is 1. The van der Waals surface area contributed by atoms with E-state index < -0.39 is 18.1 Å². The predicted octanol–water partition coefficient (Wildman–Crippen LogP) is 6.81. The van der Waals surface area contributed by atoms with Crippen LogP contribution in [0.25, 0.3) is 0 Å². The van der Waals surface area contributed by atoms with Crippen LogP contribution in [0.5, 0.6) is 5.75 Å². The molecule has 0 saturated heterocycles. The minimum atomic E-state index is -5.18. The summed E-state index contributed by atoms with van der Waals surface area (Å²) in [5.41, 5.74) is 2.02. The van der Waals surface area contributed by atoms with Crippen molar-refractivity contribution in [1.82, 2.24) is 0 Å². The molecule has 0 fully saturated rings. The Morgan fingerprint density at radius 2 is 1.68 bits per heavy atom. The van der Waals surface area contributed by atoms with Crippen LogP contribution in [0.3, 0.4) is 0 Å². The van der Waals surface area contributed by atoms with Crippen LogP contribution >= 0.6 is 11.6 Å². The van der Waals surface area contributed by atoms with E-state index in [0.29, 0.717) is 28.5 Å². The van der Waals surface area contributed by atoms with Crippen LogP contribution in [0.2, 0.25) is 5.02 Å². The molecule has 1 amide bonds. The number of carbonyl (C=O) groups excluding carboxylic acids is 2. The lowest BCUT2D eigenvalue weighted by atomic mass is 9.78. The van der Waals surface area contributed by atoms with E-state index in [4.69, 9.17) is 16.3 Å². The number of hydrogen-bond acceptors (Lipinski definition) is 4. The Kier molecular flexibility index (Phi) is 6.45. The van der Waals surface area contributed by atoms with Crippen molar-refractivity contribution in [3.8, 4) is 5.75 Å². The Balaban J connectivity index is 1.71. The van der Waals surface area contributed by atoms with Crippen molar-refractivity contribution >= 4 is 34.7 Å². The number of allylic oxidation sites excluding steroid dienone is 1. The highest BCUT2D eigenvalue weighted by molar-refractivity contribution is 6.31. The fraction of sp³-hybridized carbons (Fsp3) is 0.214. The molecule has 1 aliphatic heterocycles. The summed E-state index contributed by atoms with van der Waals surface area (Å²) in [6.45, 7) is 0. The van der Waals surface area contributed by atoms with Gasteiger partial charge < -0.3 is 10.1 Å². The number of ether oxygens (including phenoxy) is 1. The van der Waals surface area contributed by atoms with Crippen molar-refractivity contribution in [2.75, 3.05) is 17.3 Å². The summed E-state index contributed by atoms with van der Waals surface area (Å²) in [4.78, 5) is 27.4. The van der Waals surface area contributed by atoms with Gasteiger partial charge in [-0.25, -0.2) is 0 Å². The normalized spacial score (nSPS) is 19.5. The van der Waals surface area contributed by atoms with Gasteiger partial charge in [0, 0.05) is 22.7 Å². The highest BCUT2D eigenvalue weighted by atomic mass is 35.5. The monoisotopic (exact) mass is 526 g/mol. The Morgan fingerprint density at radius 3 is 2.35 bits per heavy atom. The van der Waals surface area contributed by atoms with E-state index in [2.05, 4.69) is 5.32 Å². The number of rotatable bonds is 3. The number of halogens is 4. The fourth-order valence-corrected chi connectivity index (χ4v) is 5.29. The fourth-order valence-electron chi connectivity index (χ4n) is 5.05. The highest BCUT2D eigenvalue weighted by Gasteiger charge is 2.50. The first-order valence-corrected chi connectivity index (χ1v) is 12.0. The van der Waals surface area contributed by atoms with Crippen molar-refractivity contribution in [3.63, 3.8) is 0 Å². The van der Waals surface area contributed by atoms with E-state index in [1.807, 2.05) is 12.1 Å². The third kappa shape index (κ3) is 4.57. The van der Waals surface area contributed by atoms with Crippen LogP contribution in [0.15, 0.2) is 84.1 Å². The number of fused-ring (bicyclic) bond motifs is 1. The molecule has 37 heavy (non-hydrogen) atoms. The number of amides is 1. The molecule has 190 valence electrons. The van der Waals surface area contributed by atoms with Gasteiger partial charge in [0.25, 0.3) is 0 Å². The highest BCUT2D eigenvalue weighted by Crippen LogP contribution is 2.49. The van der Waals surface area contributed by atoms with Crippen molar-refractivity contribution in [2.24, 2.45) is 0 Å². The molecule has 5 nitrogen and oxygen atoms in total. The van der Waals surface area contributed by atoms with Gasteiger partial charge in [0.05, 0.1) is 24.5 Å². The molecule has 1 N–H and O–H groups in total. The number of nitrogens with zero attached hydrogens (tertiary/aromatic N) is 1. The number of methoxy groups -OCH3 is 1. The molecule has 0 radical (unpaired) electrons. The van der Waals surface area contributed by atoms with Gasteiger partial charge in [-0.05, 0) is 53.8 Å². The Labute approximate surface area is 216 Å².